The van der Waals surface area contributed by atoms with Crippen LogP contribution in [0.3, 0.4) is 0 Å². The molecule has 0 aromatic carbocycles. The number of aliphatic hydroxyl groups is 1. The Balaban J connectivity index is 1.74. The van der Waals surface area contributed by atoms with Gasteiger partial charge in [-0.2, -0.15) is 0 Å². The van der Waals surface area contributed by atoms with E-state index in [0.717, 1.165) is 37.4 Å². The van der Waals surface area contributed by atoms with E-state index in [4.69, 9.17) is 15.6 Å². The molecular formula is C12H20N4O2. The van der Waals surface area contributed by atoms with Gasteiger partial charge in [0.1, 0.15) is 17.5 Å². The summed E-state index contributed by atoms with van der Waals surface area (Å²) in [5.41, 5.74) is 5.75. The van der Waals surface area contributed by atoms with Gasteiger partial charge in [-0.05, 0) is 19.3 Å². The average molecular weight is 252 g/mol. The number of nitrogens with one attached hydrogen (secondary N) is 1. The minimum Gasteiger partial charge on any atom is -0.394 e. The highest BCUT2D eigenvalue weighted by Crippen LogP contribution is 2.38. The van der Waals surface area contributed by atoms with Crippen molar-refractivity contribution < 1.29 is 9.84 Å². The highest BCUT2D eigenvalue weighted by atomic mass is 16.5. The van der Waals surface area contributed by atoms with E-state index < -0.39 is 0 Å². The van der Waals surface area contributed by atoms with Crippen molar-refractivity contribution in [2.75, 3.05) is 37.4 Å². The number of nitrogen functional groups attached to an aromatic ring is 1. The van der Waals surface area contributed by atoms with Gasteiger partial charge in [0.15, 0.2) is 0 Å². The molecule has 0 unspecified atom stereocenters. The summed E-state index contributed by atoms with van der Waals surface area (Å²) in [5.74, 6) is 2.66. The Kier molecular flexibility index (Phi) is 4.72. The zero-order valence-corrected chi connectivity index (χ0v) is 10.4. The van der Waals surface area contributed by atoms with Crippen molar-refractivity contribution in [1.29, 1.82) is 0 Å². The second-order valence-corrected chi connectivity index (χ2v) is 4.43. The van der Waals surface area contributed by atoms with Gasteiger partial charge < -0.3 is 20.9 Å². The van der Waals surface area contributed by atoms with Gasteiger partial charge in [0.2, 0.25) is 0 Å². The molecule has 1 heterocycles. The third-order valence-electron chi connectivity index (χ3n) is 2.71. The summed E-state index contributed by atoms with van der Waals surface area (Å²) >= 11 is 0. The molecule has 4 N–H and O–H groups in total. The molecule has 1 aliphatic carbocycles. The number of aliphatic hydroxyl groups excluding tert-OH is 1. The number of hydrogen-bond acceptors (Lipinski definition) is 6. The average Bonchev–Trinajstić information content (AvgIpc) is 3.17. The van der Waals surface area contributed by atoms with Crippen LogP contribution in [0.5, 0.6) is 0 Å². The maximum atomic E-state index is 8.55. The summed E-state index contributed by atoms with van der Waals surface area (Å²) in [7, 11) is 0. The maximum absolute atomic E-state index is 8.55. The Morgan fingerprint density at radius 1 is 1.39 bits per heavy atom. The summed E-state index contributed by atoms with van der Waals surface area (Å²) in [6, 6.07) is 1.75. The lowest BCUT2D eigenvalue weighted by molar-refractivity contribution is 0.0922. The molecular weight excluding hydrogens is 232 g/mol. The van der Waals surface area contributed by atoms with E-state index in [-0.39, 0.29) is 6.61 Å². The molecule has 6 nitrogen and oxygen atoms in total. The molecule has 2 rings (SSSR count). The lowest BCUT2D eigenvalue weighted by Gasteiger charge is -2.08. The van der Waals surface area contributed by atoms with Gasteiger partial charge in [0, 0.05) is 25.1 Å². The fourth-order valence-corrected chi connectivity index (χ4v) is 1.66. The smallest absolute Gasteiger partial charge is 0.136 e. The van der Waals surface area contributed by atoms with E-state index in [1.165, 1.54) is 0 Å². The van der Waals surface area contributed by atoms with Crippen LogP contribution in [0, 0.1) is 0 Å². The Morgan fingerprint density at radius 2 is 2.22 bits per heavy atom. The minimum absolute atomic E-state index is 0.0701. The summed E-state index contributed by atoms with van der Waals surface area (Å²) in [4.78, 5) is 8.69. The molecule has 0 bridgehead atoms. The molecule has 1 saturated carbocycles. The van der Waals surface area contributed by atoms with Crippen molar-refractivity contribution in [3.8, 4) is 0 Å². The van der Waals surface area contributed by atoms with E-state index in [9.17, 15) is 0 Å². The first kappa shape index (κ1) is 13.0. The van der Waals surface area contributed by atoms with Crippen LogP contribution in [0.15, 0.2) is 6.07 Å². The number of nitrogens with two attached hydrogens (primary N) is 1. The van der Waals surface area contributed by atoms with Gasteiger partial charge in [-0.1, -0.05) is 0 Å². The summed E-state index contributed by atoms with van der Waals surface area (Å²) in [6.45, 7) is 1.86. The highest BCUT2D eigenvalue weighted by molar-refractivity contribution is 5.45. The van der Waals surface area contributed by atoms with E-state index in [1.54, 1.807) is 6.07 Å². The zero-order valence-electron chi connectivity index (χ0n) is 10.4. The maximum Gasteiger partial charge on any atom is 0.136 e. The van der Waals surface area contributed by atoms with Crippen molar-refractivity contribution >= 4 is 11.6 Å². The lowest BCUT2D eigenvalue weighted by atomic mass is 10.3. The van der Waals surface area contributed by atoms with Crippen molar-refractivity contribution in [2.45, 2.75) is 25.2 Å². The predicted octanol–water partition coefficient (Wildman–Crippen LogP) is 0.747. The van der Waals surface area contributed by atoms with Gasteiger partial charge in [-0.25, -0.2) is 9.97 Å². The minimum atomic E-state index is 0.0701. The Morgan fingerprint density at radius 3 is 2.94 bits per heavy atom. The third kappa shape index (κ3) is 4.12. The monoisotopic (exact) mass is 252 g/mol. The molecule has 6 heteroatoms. The van der Waals surface area contributed by atoms with Crippen LogP contribution in [-0.2, 0) is 4.74 Å². The number of rotatable bonds is 8. The van der Waals surface area contributed by atoms with Crippen LogP contribution < -0.4 is 11.1 Å². The molecule has 0 aliphatic heterocycles. The first-order chi connectivity index (χ1) is 8.79. The fraction of sp³-hybridized carbons (Fsp3) is 0.667. The summed E-state index contributed by atoms with van der Waals surface area (Å²) in [6.07, 6.45) is 3.19. The van der Waals surface area contributed by atoms with Crippen molar-refractivity contribution in [3.63, 3.8) is 0 Å². The highest BCUT2D eigenvalue weighted by Gasteiger charge is 2.27. The van der Waals surface area contributed by atoms with E-state index in [1.807, 2.05) is 0 Å². The predicted molar refractivity (Wildman–Crippen MR) is 69.4 cm³/mol. The second-order valence-electron chi connectivity index (χ2n) is 4.43. The molecule has 100 valence electrons. The summed E-state index contributed by atoms with van der Waals surface area (Å²) in [5, 5.41) is 11.8. The normalized spacial score (nSPS) is 14.7. The number of anilines is 2. The number of aromatic nitrogens is 2. The Hall–Kier alpha value is -1.40. The molecule has 1 aliphatic rings. The van der Waals surface area contributed by atoms with Gasteiger partial charge in [-0.3, -0.25) is 0 Å². The molecule has 0 spiro atoms. The first-order valence-corrected chi connectivity index (χ1v) is 6.36. The van der Waals surface area contributed by atoms with Gasteiger partial charge in [0.25, 0.3) is 0 Å². The molecule has 0 radical (unpaired) electrons. The molecule has 1 aromatic heterocycles. The van der Waals surface area contributed by atoms with Gasteiger partial charge in [0.05, 0.1) is 13.2 Å². The molecule has 1 fully saturated rings. The van der Waals surface area contributed by atoms with Crippen LogP contribution in [0.4, 0.5) is 11.6 Å². The molecule has 18 heavy (non-hydrogen) atoms. The van der Waals surface area contributed by atoms with E-state index >= 15 is 0 Å². The second kappa shape index (κ2) is 6.51. The van der Waals surface area contributed by atoms with E-state index in [2.05, 4.69) is 15.3 Å². The molecule has 0 atom stereocenters. The van der Waals surface area contributed by atoms with Crippen LogP contribution in [0.2, 0.25) is 0 Å². The SMILES string of the molecule is Nc1cc(NCCCOCCO)nc(C2CC2)n1. The zero-order chi connectivity index (χ0) is 12.8. The van der Waals surface area contributed by atoms with Crippen LogP contribution in [0.1, 0.15) is 31.0 Å². The molecule has 0 saturated heterocycles. The largest absolute Gasteiger partial charge is 0.394 e. The van der Waals surface area contributed by atoms with Crippen LogP contribution in [-0.4, -0.2) is 41.4 Å². The number of ether oxygens (including phenoxy) is 1. The Bertz CT molecular complexity index is 382. The summed E-state index contributed by atoms with van der Waals surface area (Å²) < 4.78 is 5.17. The fourth-order valence-electron chi connectivity index (χ4n) is 1.66. The van der Waals surface area contributed by atoms with Crippen LogP contribution in [0.25, 0.3) is 0 Å². The van der Waals surface area contributed by atoms with E-state index in [0.29, 0.717) is 24.9 Å². The number of hydrogen-bond donors (Lipinski definition) is 3. The third-order valence-corrected chi connectivity index (χ3v) is 2.71. The quantitative estimate of drug-likeness (QED) is 0.591. The molecule has 1 aromatic rings. The first-order valence-electron chi connectivity index (χ1n) is 6.36. The Labute approximate surface area is 107 Å². The van der Waals surface area contributed by atoms with Crippen molar-refractivity contribution in [2.24, 2.45) is 0 Å². The van der Waals surface area contributed by atoms with Crippen molar-refractivity contribution in [1.82, 2.24) is 9.97 Å². The van der Waals surface area contributed by atoms with Crippen molar-refractivity contribution in [3.05, 3.63) is 11.9 Å². The van der Waals surface area contributed by atoms with Gasteiger partial charge in [-0.15, -0.1) is 0 Å². The van der Waals surface area contributed by atoms with Crippen LogP contribution >= 0.6 is 0 Å². The molecule has 0 amide bonds. The topological polar surface area (TPSA) is 93.3 Å². The van der Waals surface area contributed by atoms with Gasteiger partial charge >= 0.3 is 0 Å². The number of nitrogens with zero attached hydrogens (tertiary/aromatic N) is 2. The standard InChI is InChI=1S/C12H20N4O2/c13-10-8-11(14-4-1-6-18-7-5-17)16-12(15-10)9-2-3-9/h8-9,17H,1-7H2,(H3,13,14,15,16). The lowest BCUT2D eigenvalue weighted by Crippen LogP contribution is -2.10.